The minimum atomic E-state index is -3.65. The molecule has 1 saturated heterocycles. The molecule has 1 amide bonds. The van der Waals surface area contributed by atoms with Crippen LogP contribution in [0.15, 0.2) is 29.2 Å². The molecule has 0 spiro atoms. The molecular weight excluding hydrogens is 424 g/mol. The van der Waals surface area contributed by atoms with Crippen LogP contribution < -0.4 is 5.32 Å². The molecule has 0 aromatic heterocycles. The monoisotopic (exact) mass is 452 g/mol. The smallest absolute Gasteiger partial charge is 0.244 e. The third-order valence-electron chi connectivity index (χ3n) is 7.83. The normalized spacial score (nSPS) is 36.7. The summed E-state index contributed by atoms with van der Waals surface area (Å²) in [6, 6.07) is 6.65. The first kappa shape index (κ1) is 20.7. The van der Waals surface area contributed by atoms with Gasteiger partial charge < -0.3 is 10.4 Å². The van der Waals surface area contributed by atoms with Gasteiger partial charge in [-0.25, -0.2) is 8.42 Å². The molecule has 6 nitrogen and oxygen atoms in total. The molecule has 2 atom stereocenters. The number of hydrogen-bond donors (Lipinski definition) is 2. The lowest BCUT2D eigenvalue weighted by Crippen LogP contribution is -2.62. The van der Waals surface area contributed by atoms with Crippen LogP contribution in [-0.4, -0.2) is 48.5 Å². The summed E-state index contributed by atoms with van der Waals surface area (Å²) in [4.78, 5) is 13.1. The molecule has 4 bridgehead atoms. The summed E-state index contributed by atoms with van der Waals surface area (Å²) in [5.41, 5.74) is -0.504. The average Bonchev–Trinajstić information content (AvgIpc) is 2.69. The second-order valence-electron chi connectivity index (χ2n) is 9.84. The Kier molecular flexibility index (Phi) is 5.16. The highest BCUT2D eigenvalue weighted by atomic mass is 35.5. The van der Waals surface area contributed by atoms with Crippen molar-refractivity contribution >= 4 is 27.5 Å². The van der Waals surface area contributed by atoms with Crippen molar-refractivity contribution in [2.75, 3.05) is 13.1 Å². The quantitative estimate of drug-likeness (QED) is 0.735. The predicted octanol–water partition coefficient (Wildman–Crippen LogP) is 2.80. The number of hydrogen-bond acceptors (Lipinski definition) is 4. The van der Waals surface area contributed by atoms with Gasteiger partial charge in [-0.3, -0.25) is 4.79 Å². The standard InChI is InChI=1S/C22H29ClN2O4S/c23-18-3-1-2-4-19(18)30(28,29)25-7-5-15(6-8-25)21(26)24-20-16-9-14-10-17(20)13-22(27,11-14)12-16/h1-4,14-17,20,27H,5-13H2,(H,24,26). The summed E-state index contributed by atoms with van der Waals surface area (Å²) in [5.74, 6) is 1.26. The van der Waals surface area contributed by atoms with Crippen LogP contribution in [-0.2, 0) is 14.8 Å². The number of piperidine rings is 1. The first-order valence-corrected chi connectivity index (χ1v) is 12.8. The van der Waals surface area contributed by atoms with Crippen molar-refractivity contribution in [3.8, 4) is 0 Å². The number of carbonyl (C=O) groups excluding carboxylic acids is 1. The van der Waals surface area contributed by atoms with Gasteiger partial charge in [0.2, 0.25) is 15.9 Å². The molecule has 0 radical (unpaired) electrons. The summed E-state index contributed by atoms with van der Waals surface area (Å²) < 4.78 is 27.3. The lowest BCUT2D eigenvalue weighted by molar-refractivity contribution is -0.148. The molecule has 5 fully saturated rings. The number of amides is 1. The van der Waals surface area contributed by atoms with Gasteiger partial charge in [0.25, 0.3) is 0 Å². The number of nitrogens with zero attached hydrogens (tertiary/aromatic N) is 1. The largest absolute Gasteiger partial charge is 0.390 e. The maximum atomic E-state index is 13.0. The van der Waals surface area contributed by atoms with E-state index in [1.54, 1.807) is 18.2 Å². The van der Waals surface area contributed by atoms with Crippen LogP contribution in [0.4, 0.5) is 0 Å². The van der Waals surface area contributed by atoms with Gasteiger partial charge in [0.1, 0.15) is 4.90 Å². The fraction of sp³-hybridized carbons (Fsp3) is 0.682. The van der Waals surface area contributed by atoms with Gasteiger partial charge in [0.15, 0.2) is 0 Å². The van der Waals surface area contributed by atoms with E-state index in [9.17, 15) is 18.3 Å². The molecule has 164 valence electrons. The maximum Gasteiger partial charge on any atom is 0.244 e. The van der Waals surface area contributed by atoms with Gasteiger partial charge in [-0.1, -0.05) is 23.7 Å². The van der Waals surface area contributed by atoms with Crippen molar-refractivity contribution in [2.45, 2.75) is 61.5 Å². The third-order valence-corrected chi connectivity index (χ3v) is 10.2. The number of rotatable bonds is 4. The first-order chi connectivity index (χ1) is 14.2. The topological polar surface area (TPSA) is 86.7 Å². The highest BCUT2D eigenvalue weighted by molar-refractivity contribution is 7.89. The molecule has 2 N–H and O–H groups in total. The van der Waals surface area contributed by atoms with E-state index >= 15 is 0 Å². The van der Waals surface area contributed by atoms with Gasteiger partial charge in [-0.15, -0.1) is 0 Å². The van der Waals surface area contributed by atoms with Crippen LogP contribution in [0, 0.1) is 23.7 Å². The molecule has 1 heterocycles. The number of carbonyl (C=O) groups is 1. The summed E-state index contributed by atoms with van der Waals surface area (Å²) in [6.07, 6.45) is 5.79. The maximum absolute atomic E-state index is 13.0. The Morgan fingerprint density at radius 3 is 2.33 bits per heavy atom. The number of nitrogens with one attached hydrogen (secondary N) is 1. The predicted molar refractivity (Wildman–Crippen MR) is 113 cm³/mol. The zero-order chi connectivity index (χ0) is 21.1. The Morgan fingerprint density at radius 2 is 1.73 bits per heavy atom. The Labute approximate surface area is 183 Å². The minimum Gasteiger partial charge on any atom is -0.390 e. The Balaban J connectivity index is 1.20. The fourth-order valence-electron chi connectivity index (χ4n) is 6.65. The van der Waals surface area contributed by atoms with E-state index in [1.807, 2.05) is 0 Å². The second kappa shape index (κ2) is 7.47. The summed E-state index contributed by atoms with van der Waals surface area (Å²) in [6.45, 7) is 0.649. The minimum absolute atomic E-state index is 0.0502. The van der Waals surface area contributed by atoms with E-state index in [0.29, 0.717) is 43.7 Å². The highest BCUT2D eigenvalue weighted by Gasteiger charge is 2.55. The van der Waals surface area contributed by atoms with Crippen LogP contribution in [0.5, 0.6) is 0 Å². The van der Waals surface area contributed by atoms with Crippen molar-refractivity contribution < 1.29 is 18.3 Å². The van der Waals surface area contributed by atoms with E-state index < -0.39 is 15.6 Å². The van der Waals surface area contributed by atoms with Crippen LogP contribution in [0.2, 0.25) is 5.02 Å². The van der Waals surface area contributed by atoms with Crippen molar-refractivity contribution in [3.63, 3.8) is 0 Å². The van der Waals surface area contributed by atoms with Gasteiger partial charge in [-0.05, 0) is 74.8 Å². The van der Waals surface area contributed by atoms with E-state index in [-0.39, 0.29) is 27.8 Å². The Bertz CT molecular complexity index is 928. The SMILES string of the molecule is O=C(NC1C2CC3CC1CC(O)(C3)C2)C1CCN(S(=O)(=O)c2ccccc2Cl)CC1. The van der Waals surface area contributed by atoms with Crippen LogP contribution in [0.3, 0.4) is 0 Å². The summed E-state index contributed by atoms with van der Waals surface area (Å²) >= 11 is 6.10. The van der Waals surface area contributed by atoms with E-state index in [2.05, 4.69) is 5.32 Å². The van der Waals surface area contributed by atoms with Gasteiger partial charge >= 0.3 is 0 Å². The van der Waals surface area contributed by atoms with Crippen LogP contribution in [0.25, 0.3) is 0 Å². The second-order valence-corrected chi connectivity index (χ2v) is 12.2. The summed E-state index contributed by atoms with van der Waals surface area (Å²) in [7, 11) is -3.65. The fourth-order valence-corrected chi connectivity index (χ4v) is 8.61. The molecule has 4 aliphatic carbocycles. The first-order valence-electron chi connectivity index (χ1n) is 11.0. The number of benzene rings is 1. The molecule has 6 rings (SSSR count). The van der Waals surface area contributed by atoms with Crippen molar-refractivity contribution in [3.05, 3.63) is 29.3 Å². The third kappa shape index (κ3) is 3.57. The average molecular weight is 453 g/mol. The van der Waals surface area contributed by atoms with Gasteiger partial charge in [0, 0.05) is 25.0 Å². The zero-order valence-corrected chi connectivity index (χ0v) is 18.5. The molecule has 4 saturated carbocycles. The molecule has 30 heavy (non-hydrogen) atoms. The van der Waals surface area contributed by atoms with Gasteiger partial charge in [0.05, 0.1) is 10.6 Å². The van der Waals surface area contributed by atoms with Crippen LogP contribution >= 0.6 is 11.6 Å². The molecule has 1 aromatic carbocycles. The number of halogens is 1. The highest BCUT2D eigenvalue weighted by Crippen LogP contribution is 2.55. The molecule has 5 aliphatic rings. The van der Waals surface area contributed by atoms with E-state index in [0.717, 1.165) is 32.1 Å². The Hall–Kier alpha value is -1.15. The van der Waals surface area contributed by atoms with Crippen molar-refractivity contribution in [1.29, 1.82) is 0 Å². The van der Waals surface area contributed by atoms with Crippen LogP contribution in [0.1, 0.15) is 44.9 Å². The summed E-state index contributed by atoms with van der Waals surface area (Å²) in [5, 5.41) is 14.3. The van der Waals surface area contributed by atoms with Gasteiger partial charge in [-0.2, -0.15) is 4.31 Å². The molecule has 1 aliphatic heterocycles. The molecular formula is C22H29ClN2O4S. The number of aliphatic hydroxyl groups is 1. The van der Waals surface area contributed by atoms with E-state index in [1.165, 1.54) is 10.4 Å². The molecule has 2 unspecified atom stereocenters. The lowest BCUT2D eigenvalue weighted by atomic mass is 9.52. The zero-order valence-electron chi connectivity index (χ0n) is 17.0. The van der Waals surface area contributed by atoms with Crippen molar-refractivity contribution in [1.82, 2.24) is 9.62 Å². The van der Waals surface area contributed by atoms with Crippen molar-refractivity contribution in [2.24, 2.45) is 23.7 Å². The Morgan fingerprint density at radius 1 is 1.10 bits per heavy atom. The molecule has 1 aromatic rings. The van der Waals surface area contributed by atoms with E-state index in [4.69, 9.17) is 11.6 Å². The molecule has 8 heteroatoms. The number of sulfonamides is 1. The lowest BCUT2D eigenvalue weighted by Gasteiger charge is -2.58.